The van der Waals surface area contributed by atoms with Crippen molar-refractivity contribution in [1.82, 2.24) is 14.5 Å². The van der Waals surface area contributed by atoms with Crippen molar-refractivity contribution in [3.8, 4) is 5.75 Å². The van der Waals surface area contributed by atoms with E-state index in [1.54, 1.807) is 44.2 Å². The van der Waals surface area contributed by atoms with Gasteiger partial charge in [-0.2, -0.15) is 0 Å². The number of benzene rings is 2. The van der Waals surface area contributed by atoms with Crippen molar-refractivity contribution in [2.24, 2.45) is 0 Å². The SMILES string of the molecule is CCn1c(=O)c(=O)[nH]c2cc(C(=O)N(C)Cc3ccccc3OC)ccc21. The lowest BCUT2D eigenvalue weighted by molar-refractivity contribution is 0.0784. The second-order valence-electron chi connectivity index (χ2n) is 6.21. The number of aromatic nitrogens is 2. The fourth-order valence-corrected chi connectivity index (χ4v) is 3.11. The molecule has 0 fully saturated rings. The van der Waals surface area contributed by atoms with Gasteiger partial charge in [-0.1, -0.05) is 18.2 Å². The largest absolute Gasteiger partial charge is 0.496 e. The van der Waals surface area contributed by atoms with E-state index in [4.69, 9.17) is 4.74 Å². The quantitative estimate of drug-likeness (QED) is 0.699. The van der Waals surface area contributed by atoms with Gasteiger partial charge in [0.05, 0.1) is 18.1 Å². The summed E-state index contributed by atoms with van der Waals surface area (Å²) in [6.45, 7) is 2.55. The molecule has 0 saturated carbocycles. The lowest BCUT2D eigenvalue weighted by Crippen LogP contribution is -2.36. The third-order valence-corrected chi connectivity index (χ3v) is 4.48. The average Bonchev–Trinajstić information content (AvgIpc) is 2.68. The highest BCUT2D eigenvalue weighted by molar-refractivity contribution is 5.97. The fourth-order valence-electron chi connectivity index (χ4n) is 3.11. The van der Waals surface area contributed by atoms with Crippen LogP contribution in [0.4, 0.5) is 0 Å². The van der Waals surface area contributed by atoms with Crippen LogP contribution in [0.2, 0.25) is 0 Å². The molecule has 0 aliphatic heterocycles. The van der Waals surface area contributed by atoms with Crippen LogP contribution in [0.3, 0.4) is 0 Å². The number of H-pyrrole nitrogens is 1. The van der Waals surface area contributed by atoms with Crippen LogP contribution in [-0.4, -0.2) is 34.5 Å². The number of aromatic amines is 1. The standard InChI is InChI=1S/C20H21N3O4/c1-4-23-16-10-9-13(11-15(16)21-18(24)20(23)26)19(25)22(2)12-14-7-5-6-8-17(14)27-3/h5-11H,4,12H2,1-3H3,(H,21,24). The molecule has 0 bridgehead atoms. The molecule has 2 aromatic carbocycles. The van der Waals surface area contributed by atoms with Gasteiger partial charge in [-0.25, -0.2) is 0 Å². The highest BCUT2D eigenvalue weighted by Gasteiger charge is 2.16. The van der Waals surface area contributed by atoms with Crippen LogP contribution < -0.4 is 15.9 Å². The van der Waals surface area contributed by atoms with Crippen molar-refractivity contribution in [2.75, 3.05) is 14.2 Å². The van der Waals surface area contributed by atoms with Gasteiger partial charge in [0.1, 0.15) is 5.75 Å². The van der Waals surface area contributed by atoms with E-state index in [9.17, 15) is 14.4 Å². The monoisotopic (exact) mass is 367 g/mol. The number of aryl methyl sites for hydroxylation is 1. The van der Waals surface area contributed by atoms with Crippen LogP contribution in [0.1, 0.15) is 22.8 Å². The van der Waals surface area contributed by atoms with E-state index < -0.39 is 11.1 Å². The summed E-state index contributed by atoms with van der Waals surface area (Å²) in [4.78, 5) is 40.7. The first-order chi connectivity index (χ1) is 13.0. The number of amides is 1. The summed E-state index contributed by atoms with van der Waals surface area (Å²) >= 11 is 0. The number of carbonyl (C=O) groups is 1. The Morgan fingerprint density at radius 1 is 1.19 bits per heavy atom. The van der Waals surface area contributed by atoms with Gasteiger partial charge < -0.3 is 19.2 Å². The molecule has 1 aromatic heterocycles. The molecule has 0 aliphatic rings. The van der Waals surface area contributed by atoms with Gasteiger partial charge in [-0.15, -0.1) is 0 Å². The van der Waals surface area contributed by atoms with Gasteiger partial charge >= 0.3 is 11.1 Å². The number of ether oxygens (including phenoxy) is 1. The molecule has 0 saturated heterocycles. The zero-order chi connectivity index (χ0) is 19.6. The highest BCUT2D eigenvalue weighted by Crippen LogP contribution is 2.20. The van der Waals surface area contributed by atoms with Gasteiger partial charge in [-0.05, 0) is 31.2 Å². The predicted molar refractivity (Wildman–Crippen MR) is 103 cm³/mol. The number of hydrogen-bond acceptors (Lipinski definition) is 4. The predicted octanol–water partition coefficient (Wildman–Crippen LogP) is 1.99. The Kier molecular flexibility index (Phi) is 5.12. The van der Waals surface area contributed by atoms with Crippen LogP contribution in [0.15, 0.2) is 52.1 Å². The minimum atomic E-state index is -0.698. The van der Waals surface area contributed by atoms with E-state index >= 15 is 0 Å². The first-order valence-corrected chi connectivity index (χ1v) is 8.60. The molecule has 3 aromatic rings. The normalized spacial score (nSPS) is 10.8. The molecule has 7 nitrogen and oxygen atoms in total. The van der Waals surface area contributed by atoms with Crippen molar-refractivity contribution in [3.05, 3.63) is 74.3 Å². The first kappa shape index (κ1) is 18.4. The van der Waals surface area contributed by atoms with Crippen molar-refractivity contribution >= 4 is 16.9 Å². The molecule has 1 heterocycles. The molecule has 140 valence electrons. The maximum Gasteiger partial charge on any atom is 0.316 e. The second kappa shape index (κ2) is 7.49. The Bertz CT molecular complexity index is 1110. The summed E-state index contributed by atoms with van der Waals surface area (Å²) in [5.41, 5.74) is 1.07. The zero-order valence-electron chi connectivity index (χ0n) is 15.5. The minimum Gasteiger partial charge on any atom is -0.496 e. The summed E-state index contributed by atoms with van der Waals surface area (Å²) in [7, 11) is 3.29. The Morgan fingerprint density at radius 3 is 2.63 bits per heavy atom. The van der Waals surface area contributed by atoms with Crippen molar-refractivity contribution in [3.63, 3.8) is 0 Å². The summed E-state index contributed by atoms with van der Waals surface area (Å²) in [5, 5.41) is 0. The van der Waals surface area contributed by atoms with Gasteiger partial charge in [0, 0.05) is 31.3 Å². The van der Waals surface area contributed by atoms with E-state index in [0.29, 0.717) is 35.4 Å². The van der Waals surface area contributed by atoms with Crippen molar-refractivity contribution in [1.29, 1.82) is 0 Å². The molecule has 1 N–H and O–H groups in total. The molecular weight excluding hydrogens is 346 g/mol. The van der Waals surface area contributed by atoms with Crippen LogP contribution in [0, 0.1) is 0 Å². The molecular formula is C20H21N3O4. The topological polar surface area (TPSA) is 84.4 Å². The zero-order valence-corrected chi connectivity index (χ0v) is 15.5. The third-order valence-electron chi connectivity index (χ3n) is 4.48. The summed E-state index contributed by atoms with van der Waals surface area (Å²) in [6, 6.07) is 12.5. The maximum atomic E-state index is 12.8. The molecule has 0 radical (unpaired) electrons. The van der Waals surface area contributed by atoms with Crippen LogP contribution >= 0.6 is 0 Å². The smallest absolute Gasteiger partial charge is 0.316 e. The van der Waals surface area contributed by atoms with Gasteiger partial charge in [-0.3, -0.25) is 14.4 Å². The van der Waals surface area contributed by atoms with Gasteiger partial charge in [0.25, 0.3) is 5.91 Å². The third kappa shape index (κ3) is 3.48. The molecule has 0 aliphatic carbocycles. The van der Waals surface area contributed by atoms with E-state index in [-0.39, 0.29) is 5.91 Å². The maximum absolute atomic E-state index is 12.8. The summed E-state index contributed by atoms with van der Waals surface area (Å²) < 4.78 is 6.72. The number of rotatable bonds is 5. The molecule has 27 heavy (non-hydrogen) atoms. The number of fused-ring (bicyclic) bond motifs is 1. The highest BCUT2D eigenvalue weighted by atomic mass is 16.5. The van der Waals surface area contributed by atoms with Crippen LogP contribution in [-0.2, 0) is 13.1 Å². The van der Waals surface area contributed by atoms with Gasteiger partial charge in [0.2, 0.25) is 0 Å². The number of carbonyl (C=O) groups excluding carboxylic acids is 1. The number of methoxy groups -OCH3 is 1. The van der Waals surface area contributed by atoms with E-state index in [1.807, 2.05) is 24.3 Å². The number of hydrogen-bond donors (Lipinski definition) is 1. The fraction of sp³-hybridized carbons (Fsp3) is 0.250. The molecule has 0 unspecified atom stereocenters. The Labute approximate surface area is 155 Å². The van der Waals surface area contributed by atoms with Gasteiger partial charge in [0.15, 0.2) is 0 Å². The first-order valence-electron chi connectivity index (χ1n) is 8.60. The Balaban J connectivity index is 1.94. The Morgan fingerprint density at radius 2 is 1.93 bits per heavy atom. The van der Waals surface area contributed by atoms with Crippen LogP contribution in [0.5, 0.6) is 5.75 Å². The number of para-hydroxylation sites is 1. The molecule has 0 atom stereocenters. The molecule has 3 rings (SSSR count). The average molecular weight is 367 g/mol. The van der Waals surface area contributed by atoms with E-state index in [0.717, 1.165) is 5.56 Å². The van der Waals surface area contributed by atoms with Crippen molar-refractivity contribution in [2.45, 2.75) is 20.0 Å². The lowest BCUT2D eigenvalue weighted by atomic mass is 10.1. The van der Waals surface area contributed by atoms with Crippen molar-refractivity contribution < 1.29 is 9.53 Å². The minimum absolute atomic E-state index is 0.196. The molecule has 7 heteroatoms. The number of nitrogens with one attached hydrogen (secondary N) is 1. The molecule has 1 amide bonds. The lowest BCUT2D eigenvalue weighted by Gasteiger charge is -2.19. The second-order valence-corrected chi connectivity index (χ2v) is 6.21. The Hall–Kier alpha value is -3.35. The number of nitrogens with zero attached hydrogens (tertiary/aromatic N) is 2. The van der Waals surface area contributed by atoms with E-state index in [1.165, 1.54) is 4.57 Å². The molecule has 0 spiro atoms. The van der Waals surface area contributed by atoms with Crippen LogP contribution in [0.25, 0.3) is 11.0 Å². The summed E-state index contributed by atoms with van der Waals surface area (Å²) in [5.74, 6) is 0.518. The summed E-state index contributed by atoms with van der Waals surface area (Å²) in [6.07, 6.45) is 0. The van der Waals surface area contributed by atoms with E-state index in [2.05, 4.69) is 4.98 Å².